The maximum Gasteiger partial charge on any atom is 0.414 e. The molecule has 0 bridgehead atoms. The van der Waals surface area contributed by atoms with Gasteiger partial charge in [0.25, 0.3) is 0 Å². The van der Waals surface area contributed by atoms with Crippen molar-refractivity contribution in [2.45, 2.75) is 6.10 Å². The summed E-state index contributed by atoms with van der Waals surface area (Å²) in [5, 5.41) is 2.60. The van der Waals surface area contributed by atoms with Gasteiger partial charge in [-0.2, -0.15) is 0 Å². The standard InChI is InChI=1S/C19H20N2O6/c1-24-16-9-8-13(10-17(16)25-2)21-12-15(27-19(21)23)11-20-18(22)26-14-6-4-3-5-7-14/h3-10,15H,11-12H2,1-2H3,(H,20,22). The number of para-hydroxylation sites is 1. The lowest BCUT2D eigenvalue weighted by molar-refractivity contribution is 0.137. The summed E-state index contributed by atoms with van der Waals surface area (Å²) in [6.45, 7) is 0.432. The molecule has 0 saturated carbocycles. The largest absolute Gasteiger partial charge is 0.493 e. The number of carbonyl (C=O) groups is 2. The highest BCUT2D eigenvalue weighted by molar-refractivity contribution is 5.90. The fourth-order valence-electron chi connectivity index (χ4n) is 2.66. The van der Waals surface area contributed by atoms with Crippen molar-refractivity contribution in [3.63, 3.8) is 0 Å². The van der Waals surface area contributed by atoms with E-state index in [2.05, 4.69) is 5.32 Å². The first-order valence-corrected chi connectivity index (χ1v) is 8.31. The van der Waals surface area contributed by atoms with Gasteiger partial charge in [-0.15, -0.1) is 0 Å². The molecule has 0 aromatic heterocycles. The van der Waals surface area contributed by atoms with Gasteiger partial charge in [-0.05, 0) is 24.3 Å². The zero-order chi connectivity index (χ0) is 19.2. The van der Waals surface area contributed by atoms with E-state index in [1.807, 2.05) is 6.07 Å². The molecule has 2 amide bonds. The van der Waals surface area contributed by atoms with Crippen molar-refractivity contribution in [3.8, 4) is 17.2 Å². The summed E-state index contributed by atoms with van der Waals surface area (Å²) < 4.78 is 20.9. The molecule has 2 aromatic carbocycles. The molecule has 1 heterocycles. The van der Waals surface area contributed by atoms with Crippen LogP contribution in [-0.4, -0.2) is 45.6 Å². The third-order valence-electron chi connectivity index (χ3n) is 3.98. The van der Waals surface area contributed by atoms with Crippen LogP contribution in [0, 0.1) is 0 Å². The molecule has 1 atom stereocenters. The van der Waals surface area contributed by atoms with E-state index in [0.717, 1.165) is 0 Å². The van der Waals surface area contributed by atoms with Crippen molar-refractivity contribution in [3.05, 3.63) is 48.5 Å². The number of amides is 2. The summed E-state index contributed by atoms with van der Waals surface area (Å²) in [7, 11) is 3.06. The van der Waals surface area contributed by atoms with E-state index in [9.17, 15) is 9.59 Å². The number of cyclic esters (lactones) is 1. The number of rotatable bonds is 6. The van der Waals surface area contributed by atoms with Crippen molar-refractivity contribution in [2.75, 3.05) is 32.2 Å². The molecule has 1 fully saturated rings. The molecular weight excluding hydrogens is 352 g/mol. The van der Waals surface area contributed by atoms with Crippen LogP contribution in [-0.2, 0) is 4.74 Å². The number of anilines is 1. The molecule has 2 aromatic rings. The van der Waals surface area contributed by atoms with Crippen molar-refractivity contribution in [1.82, 2.24) is 5.32 Å². The van der Waals surface area contributed by atoms with E-state index in [0.29, 0.717) is 29.5 Å². The fraction of sp³-hybridized carbons (Fsp3) is 0.263. The van der Waals surface area contributed by atoms with E-state index < -0.39 is 18.3 Å². The Morgan fingerprint density at radius 2 is 1.89 bits per heavy atom. The zero-order valence-corrected chi connectivity index (χ0v) is 15.0. The Morgan fingerprint density at radius 1 is 1.15 bits per heavy atom. The van der Waals surface area contributed by atoms with Crippen LogP contribution in [0.2, 0.25) is 0 Å². The van der Waals surface area contributed by atoms with Crippen LogP contribution >= 0.6 is 0 Å². The summed E-state index contributed by atoms with van der Waals surface area (Å²) >= 11 is 0. The lowest BCUT2D eigenvalue weighted by Crippen LogP contribution is -2.36. The topological polar surface area (TPSA) is 86.3 Å². The predicted octanol–water partition coefficient (Wildman–Crippen LogP) is 2.82. The number of benzene rings is 2. The summed E-state index contributed by atoms with van der Waals surface area (Å²) in [6, 6.07) is 13.9. The van der Waals surface area contributed by atoms with Gasteiger partial charge in [-0.25, -0.2) is 9.59 Å². The summed E-state index contributed by atoms with van der Waals surface area (Å²) in [5.41, 5.74) is 0.618. The Kier molecular flexibility index (Phi) is 5.65. The van der Waals surface area contributed by atoms with Crippen molar-refractivity contribution < 1.29 is 28.5 Å². The number of methoxy groups -OCH3 is 2. The molecule has 1 aliphatic heterocycles. The highest BCUT2D eigenvalue weighted by Crippen LogP contribution is 2.33. The lowest BCUT2D eigenvalue weighted by Gasteiger charge is -2.15. The van der Waals surface area contributed by atoms with Gasteiger partial charge in [0.15, 0.2) is 11.5 Å². The third-order valence-corrected chi connectivity index (χ3v) is 3.98. The number of carbonyl (C=O) groups excluding carboxylic acids is 2. The molecule has 142 valence electrons. The summed E-state index contributed by atoms with van der Waals surface area (Å²) in [4.78, 5) is 25.5. The molecule has 1 unspecified atom stereocenters. The Hall–Kier alpha value is -3.42. The average molecular weight is 372 g/mol. The van der Waals surface area contributed by atoms with Gasteiger partial charge in [0, 0.05) is 6.07 Å². The highest BCUT2D eigenvalue weighted by Gasteiger charge is 2.33. The highest BCUT2D eigenvalue weighted by atomic mass is 16.6. The van der Waals surface area contributed by atoms with E-state index in [1.165, 1.54) is 19.1 Å². The number of nitrogens with one attached hydrogen (secondary N) is 1. The van der Waals surface area contributed by atoms with E-state index in [1.54, 1.807) is 42.5 Å². The normalized spacial score (nSPS) is 15.9. The van der Waals surface area contributed by atoms with Gasteiger partial charge in [-0.3, -0.25) is 4.90 Å². The Labute approximate surface area is 156 Å². The average Bonchev–Trinajstić information content (AvgIpc) is 3.07. The quantitative estimate of drug-likeness (QED) is 0.839. The van der Waals surface area contributed by atoms with Gasteiger partial charge < -0.3 is 24.3 Å². The smallest absolute Gasteiger partial charge is 0.414 e. The third kappa shape index (κ3) is 4.41. The summed E-state index contributed by atoms with van der Waals surface area (Å²) in [5.74, 6) is 1.51. The molecule has 0 spiro atoms. The van der Waals surface area contributed by atoms with Crippen LogP contribution in [0.5, 0.6) is 17.2 Å². The van der Waals surface area contributed by atoms with E-state index >= 15 is 0 Å². The van der Waals surface area contributed by atoms with Gasteiger partial charge >= 0.3 is 12.2 Å². The minimum atomic E-state index is -0.609. The maximum atomic E-state index is 12.2. The number of ether oxygens (including phenoxy) is 4. The van der Waals surface area contributed by atoms with Crippen LogP contribution in [0.3, 0.4) is 0 Å². The Bertz CT molecular complexity index is 811. The fourth-order valence-corrected chi connectivity index (χ4v) is 2.66. The second-order valence-electron chi connectivity index (χ2n) is 5.74. The van der Waals surface area contributed by atoms with Gasteiger partial charge in [0.1, 0.15) is 11.9 Å². The molecule has 0 radical (unpaired) electrons. The molecule has 3 rings (SSSR count). The molecule has 8 heteroatoms. The van der Waals surface area contributed by atoms with Crippen LogP contribution < -0.4 is 24.4 Å². The number of hydrogen-bond donors (Lipinski definition) is 1. The Balaban J connectivity index is 1.56. The predicted molar refractivity (Wildman–Crippen MR) is 97.6 cm³/mol. The number of hydrogen-bond acceptors (Lipinski definition) is 6. The lowest BCUT2D eigenvalue weighted by atomic mass is 10.2. The van der Waals surface area contributed by atoms with Crippen LogP contribution in [0.1, 0.15) is 0 Å². The van der Waals surface area contributed by atoms with Crippen LogP contribution in [0.25, 0.3) is 0 Å². The van der Waals surface area contributed by atoms with Gasteiger partial charge in [0.2, 0.25) is 0 Å². The molecule has 1 saturated heterocycles. The number of nitrogens with zero attached hydrogens (tertiary/aromatic N) is 1. The monoisotopic (exact) mass is 372 g/mol. The molecule has 1 aliphatic rings. The first-order chi connectivity index (χ1) is 13.1. The molecule has 1 N–H and O–H groups in total. The van der Waals surface area contributed by atoms with Gasteiger partial charge in [0.05, 0.1) is 33.0 Å². The maximum absolute atomic E-state index is 12.2. The van der Waals surface area contributed by atoms with Crippen LogP contribution in [0.15, 0.2) is 48.5 Å². The summed E-state index contributed by atoms with van der Waals surface area (Å²) in [6.07, 6.45) is -1.60. The molecule has 27 heavy (non-hydrogen) atoms. The van der Waals surface area contributed by atoms with Gasteiger partial charge in [-0.1, -0.05) is 18.2 Å². The van der Waals surface area contributed by atoms with Crippen molar-refractivity contribution in [1.29, 1.82) is 0 Å². The van der Waals surface area contributed by atoms with E-state index in [-0.39, 0.29) is 6.54 Å². The Morgan fingerprint density at radius 3 is 2.59 bits per heavy atom. The molecule has 8 nitrogen and oxygen atoms in total. The molecule has 0 aliphatic carbocycles. The van der Waals surface area contributed by atoms with Crippen molar-refractivity contribution >= 4 is 17.9 Å². The minimum Gasteiger partial charge on any atom is -0.493 e. The second-order valence-corrected chi connectivity index (χ2v) is 5.74. The molecular formula is C19H20N2O6. The first kappa shape index (κ1) is 18.4. The SMILES string of the molecule is COc1ccc(N2CC(CNC(=O)Oc3ccccc3)OC2=O)cc1OC. The van der Waals surface area contributed by atoms with Crippen LogP contribution in [0.4, 0.5) is 15.3 Å². The van der Waals surface area contributed by atoms with Crippen molar-refractivity contribution in [2.24, 2.45) is 0 Å². The first-order valence-electron chi connectivity index (χ1n) is 8.31. The zero-order valence-electron chi connectivity index (χ0n) is 15.0. The second kappa shape index (κ2) is 8.31. The van der Waals surface area contributed by atoms with E-state index in [4.69, 9.17) is 18.9 Å². The minimum absolute atomic E-state index is 0.140.